The van der Waals surface area contributed by atoms with Crippen molar-refractivity contribution in [3.05, 3.63) is 28.5 Å². The molecule has 1 aliphatic rings. The predicted octanol–water partition coefficient (Wildman–Crippen LogP) is 3.14. The molecule has 0 aliphatic heterocycles. The van der Waals surface area contributed by atoms with Crippen molar-refractivity contribution in [3.8, 4) is 0 Å². The molecule has 5 nitrogen and oxygen atoms in total. The summed E-state index contributed by atoms with van der Waals surface area (Å²) in [5.74, 6) is 2.31. The maximum absolute atomic E-state index is 5.99. The maximum Gasteiger partial charge on any atom is 0.191 e. The van der Waals surface area contributed by atoms with Gasteiger partial charge in [-0.15, -0.1) is 21.9 Å². The molecule has 0 bridgehead atoms. The van der Waals surface area contributed by atoms with E-state index >= 15 is 0 Å². The minimum atomic E-state index is 0.575. The Morgan fingerprint density at radius 3 is 2.89 bits per heavy atom. The van der Waals surface area contributed by atoms with Crippen molar-refractivity contribution in [2.45, 2.75) is 36.2 Å². The van der Waals surface area contributed by atoms with Gasteiger partial charge in [0.1, 0.15) is 15.9 Å². The van der Waals surface area contributed by atoms with E-state index in [1.54, 1.807) is 11.8 Å². The third-order valence-electron chi connectivity index (χ3n) is 2.85. The lowest BCUT2D eigenvalue weighted by atomic mass is 10.4. The van der Waals surface area contributed by atoms with Crippen LogP contribution >= 0.6 is 34.9 Å². The first-order valence-corrected chi connectivity index (χ1v) is 8.06. The van der Waals surface area contributed by atoms with E-state index in [0.29, 0.717) is 16.0 Å². The van der Waals surface area contributed by atoms with Gasteiger partial charge < -0.3 is 4.57 Å². The zero-order chi connectivity index (χ0) is 13.2. The van der Waals surface area contributed by atoms with Crippen molar-refractivity contribution in [3.63, 3.8) is 0 Å². The topological polar surface area (TPSA) is 56.5 Å². The van der Waals surface area contributed by atoms with Crippen LogP contribution in [0.25, 0.3) is 0 Å². The van der Waals surface area contributed by atoms with Crippen LogP contribution in [0.3, 0.4) is 0 Å². The van der Waals surface area contributed by atoms with Gasteiger partial charge in [-0.1, -0.05) is 33.9 Å². The van der Waals surface area contributed by atoms with Crippen LogP contribution in [0.5, 0.6) is 0 Å². The number of hydrogen-bond acceptors (Lipinski definition) is 6. The summed E-state index contributed by atoms with van der Waals surface area (Å²) >= 11 is 8.79. The molecular formula is C11H12ClN5S2. The predicted molar refractivity (Wildman–Crippen MR) is 76.7 cm³/mol. The lowest BCUT2D eigenvalue weighted by Crippen LogP contribution is -2.02. The second kappa shape index (κ2) is 5.60. The molecule has 0 atom stereocenters. The molecule has 0 radical (unpaired) electrons. The second-order valence-electron chi connectivity index (χ2n) is 4.30. The zero-order valence-electron chi connectivity index (χ0n) is 10.1. The van der Waals surface area contributed by atoms with Gasteiger partial charge in [-0.3, -0.25) is 0 Å². The third kappa shape index (κ3) is 2.82. The van der Waals surface area contributed by atoms with E-state index in [1.165, 1.54) is 24.4 Å². The summed E-state index contributed by atoms with van der Waals surface area (Å²) < 4.78 is 6.59. The number of allylic oxidation sites excluding steroid dienone is 1. The first-order valence-electron chi connectivity index (χ1n) is 5.93. The van der Waals surface area contributed by atoms with E-state index in [2.05, 4.69) is 30.9 Å². The highest BCUT2D eigenvalue weighted by Gasteiger charge is 2.30. The molecule has 0 saturated heterocycles. The summed E-state index contributed by atoms with van der Waals surface area (Å²) in [4.78, 5) is 0. The number of thioether (sulfide) groups is 1. The van der Waals surface area contributed by atoms with Gasteiger partial charge in [-0.05, 0) is 12.8 Å². The van der Waals surface area contributed by atoms with Crippen molar-refractivity contribution in [1.29, 1.82) is 0 Å². The molecule has 1 saturated carbocycles. The Hall–Kier alpha value is -0.920. The van der Waals surface area contributed by atoms with E-state index in [9.17, 15) is 0 Å². The summed E-state index contributed by atoms with van der Waals surface area (Å²) in [6.07, 6.45) is 4.29. The summed E-state index contributed by atoms with van der Waals surface area (Å²) in [7, 11) is 0. The van der Waals surface area contributed by atoms with Crippen molar-refractivity contribution < 1.29 is 0 Å². The first-order chi connectivity index (χ1) is 9.29. The van der Waals surface area contributed by atoms with Crippen LogP contribution in [0.1, 0.15) is 30.3 Å². The molecule has 0 amide bonds. The van der Waals surface area contributed by atoms with E-state index in [4.69, 9.17) is 11.6 Å². The fourth-order valence-corrected chi connectivity index (χ4v) is 3.45. The number of nitrogens with zero attached hydrogens (tertiary/aromatic N) is 5. The van der Waals surface area contributed by atoms with E-state index in [1.807, 2.05) is 6.08 Å². The molecule has 2 aromatic rings. The Labute approximate surface area is 124 Å². The van der Waals surface area contributed by atoms with Gasteiger partial charge in [-0.25, -0.2) is 0 Å². The maximum atomic E-state index is 5.99. The molecule has 0 aromatic carbocycles. The van der Waals surface area contributed by atoms with Crippen LogP contribution in [0, 0.1) is 0 Å². The monoisotopic (exact) mass is 313 g/mol. The van der Waals surface area contributed by atoms with E-state index in [0.717, 1.165) is 23.2 Å². The Balaban J connectivity index is 1.76. The number of aromatic nitrogens is 5. The normalized spacial score (nSPS) is 14.8. The molecule has 3 rings (SSSR count). The average Bonchev–Trinajstić information content (AvgIpc) is 3.05. The van der Waals surface area contributed by atoms with Crippen LogP contribution in [-0.2, 0) is 12.3 Å². The molecule has 2 aromatic heterocycles. The smallest absolute Gasteiger partial charge is 0.191 e. The van der Waals surface area contributed by atoms with Crippen LogP contribution in [0.15, 0.2) is 17.8 Å². The van der Waals surface area contributed by atoms with E-state index < -0.39 is 0 Å². The molecule has 0 N–H and O–H groups in total. The van der Waals surface area contributed by atoms with Gasteiger partial charge in [0.15, 0.2) is 5.16 Å². The fraction of sp³-hybridized carbons (Fsp3) is 0.455. The molecule has 100 valence electrons. The summed E-state index contributed by atoms with van der Waals surface area (Å²) in [6.45, 7) is 4.53. The summed E-state index contributed by atoms with van der Waals surface area (Å²) in [5.41, 5.74) is 0.804. The highest BCUT2D eigenvalue weighted by Crippen LogP contribution is 2.40. The molecule has 2 heterocycles. The summed E-state index contributed by atoms with van der Waals surface area (Å²) in [5, 5.41) is 13.5. The highest BCUT2D eigenvalue weighted by atomic mass is 35.5. The minimum absolute atomic E-state index is 0.575. The van der Waals surface area contributed by atoms with Gasteiger partial charge in [-0.2, -0.15) is 0 Å². The van der Waals surface area contributed by atoms with Crippen molar-refractivity contribution in [1.82, 2.24) is 24.4 Å². The Morgan fingerprint density at radius 2 is 2.26 bits per heavy atom. The Bertz CT molecular complexity index is 590. The largest absolute Gasteiger partial charge is 0.302 e. The van der Waals surface area contributed by atoms with Crippen molar-refractivity contribution in [2.24, 2.45) is 0 Å². The highest BCUT2D eigenvalue weighted by molar-refractivity contribution is 7.98. The SMILES string of the molecule is C=CCn1c(SCc2nnsc2Cl)nnc1C1CC1. The van der Waals surface area contributed by atoms with Gasteiger partial charge in [0.2, 0.25) is 0 Å². The third-order valence-corrected chi connectivity index (χ3v) is 4.81. The first kappa shape index (κ1) is 13.1. The zero-order valence-corrected chi connectivity index (χ0v) is 12.5. The standard InChI is InChI=1S/C11H12ClN5S2/c1-2-5-17-10(7-3-4-7)14-15-11(17)18-6-8-9(12)19-16-13-8/h2,7H,1,3-6H2. The van der Waals surface area contributed by atoms with Gasteiger partial charge in [0, 0.05) is 29.7 Å². The molecule has 19 heavy (non-hydrogen) atoms. The van der Waals surface area contributed by atoms with Gasteiger partial charge in [0.25, 0.3) is 0 Å². The lowest BCUT2D eigenvalue weighted by molar-refractivity contribution is 0.681. The minimum Gasteiger partial charge on any atom is -0.302 e. The number of rotatable bonds is 6. The van der Waals surface area contributed by atoms with Crippen LogP contribution in [0.4, 0.5) is 0 Å². The molecule has 1 fully saturated rings. The molecular weight excluding hydrogens is 302 g/mol. The quantitative estimate of drug-likeness (QED) is 0.605. The van der Waals surface area contributed by atoms with Crippen LogP contribution in [0.2, 0.25) is 4.34 Å². The van der Waals surface area contributed by atoms with Gasteiger partial charge >= 0.3 is 0 Å². The average molecular weight is 314 g/mol. The molecule has 8 heteroatoms. The lowest BCUT2D eigenvalue weighted by Gasteiger charge is -2.05. The molecule has 1 aliphatic carbocycles. The molecule has 0 spiro atoms. The van der Waals surface area contributed by atoms with Crippen LogP contribution in [-0.4, -0.2) is 24.4 Å². The Kier molecular flexibility index (Phi) is 3.86. The fourth-order valence-electron chi connectivity index (χ4n) is 1.77. The van der Waals surface area contributed by atoms with Crippen molar-refractivity contribution >= 4 is 34.9 Å². The molecule has 0 unspecified atom stereocenters. The van der Waals surface area contributed by atoms with Gasteiger partial charge in [0.05, 0.1) is 0 Å². The van der Waals surface area contributed by atoms with Crippen molar-refractivity contribution in [2.75, 3.05) is 0 Å². The second-order valence-corrected chi connectivity index (χ2v) is 6.60. The van der Waals surface area contributed by atoms with E-state index in [-0.39, 0.29) is 0 Å². The van der Waals surface area contributed by atoms with Crippen LogP contribution < -0.4 is 0 Å². The Morgan fingerprint density at radius 1 is 1.42 bits per heavy atom. The summed E-state index contributed by atoms with van der Waals surface area (Å²) in [6, 6.07) is 0. The number of hydrogen-bond donors (Lipinski definition) is 0. The number of halogens is 1.